The SMILES string of the molecule is Cc1ccc(OC2CCN(C(=O)NCCCc3ccccc3)C2)nc1. The number of rotatable bonds is 6. The summed E-state index contributed by atoms with van der Waals surface area (Å²) in [6.07, 6.45) is 4.57. The van der Waals surface area contributed by atoms with Crippen LogP contribution in [0.5, 0.6) is 5.88 Å². The van der Waals surface area contributed by atoms with Gasteiger partial charge in [-0.1, -0.05) is 36.4 Å². The van der Waals surface area contributed by atoms with Gasteiger partial charge in [0.05, 0.1) is 6.54 Å². The third kappa shape index (κ3) is 5.21. The molecule has 2 aromatic rings. The molecule has 0 radical (unpaired) electrons. The molecule has 1 aromatic heterocycles. The quantitative estimate of drug-likeness (QED) is 0.823. The summed E-state index contributed by atoms with van der Waals surface area (Å²) in [5.74, 6) is 0.626. The van der Waals surface area contributed by atoms with Crippen molar-refractivity contribution in [2.75, 3.05) is 19.6 Å². The second-order valence-electron chi connectivity index (χ2n) is 6.47. The average Bonchev–Trinajstić information content (AvgIpc) is 3.10. The Morgan fingerprint density at radius 2 is 2.12 bits per heavy atom. The molecule has 2 heterocycles. The molecule has 1 N–H and O–H groups in total. The molecule has 0 bridgehead atoms. The first kappa shape index (κ1) is 17.3. The minimum Gasteiger partial charge on any atom is -0.472 e. The summed E-state index contributed by atoms with van der Waals surface area (Å²) in [7, 11) is 0. The van der Waals surface area contributed by atoms with Crippen LogP contribution in [0.3, 0.4) is 0 Å². The van der Waals surface area contributed by atoms with Crippen molar-refractivity contribution in [2.24, 2.45) is 0 Å². The molecule has 1 fully saturated rings. The van der Waals surface area contributed by atoms with E-state index >= 15 is 0 Å². The van der Waals surface area contributed by atoms with E-state index in [2.05, 4.69) is 22.4 Å². The van der Waals surface area contributed by atoms with Crippen LogP contribution in [0.25, 0.3) is 0 Å². The molecule has 1 unspecified atom stereocenters. The minimum atomic E-state index is -0.00368. The first-order valence-electron chi connectivity index (χ1n) is 8.87. The number of aromatic nitrogens is 1. The molecular weight excluding hydrogens is 314 g/mol. The van der Waals surface area contributed by atoms with Crippen molar-refractivity contribution in [2.45, 2.75) is 32.3 Å². The van der Waals surface area contributed by atoms with Gasteiger partial charge in [-0.2, -0.15) is 0 Å². The van der Waals surface area contributed by atoms with Gasteiger partial charge in [-0.3, -0.25) is 0 Å². The van der Waals surface area contributed by atoms with E-state index in [-0.39, 0.29) is 12.1 Å². The summed E-state index contributed by atoms with van der Waals surface area (Å²) in [6.45, 7) is 4.02. The van der Waals surface area contributed by atoms with Gasteiger partial charge in [0.15, 0.2) is 0 Å². The maximum atomic E-state index is 12.2. The molecular formula is C20H25N3O2. The highest BCUT2D eigenvalue weighted by Crippen LogP contribution is 2.16. The molecule has 2 amide bonds. The molecule has 1 aliphatic heterocycles. The zero-order valence-electron chi connectivity index (χ0n) is 14.6. The predicted molar refractivity (Wildman–Crippen MR) is 97.7 cm³/mol. The number of nitrogens with zero attached hydrogens (tertiary/aromatic N) is 2. The molecule has 0 spiro atoms. The molecule has 5 nitrogen and oxygen atoms in total. The van der Waals surface area contributed by atoms with Crippen LogP contribution in [0.15, 0.2) is 48.7 Å². The van der Waals surface area contributed by atoms with Crippen LogP contribution in [-0.4, -0.2) is 41.7 Å². The van der Waals surface area contributed by atoms with Gasteiger partial charge in [-0.05, 0) is 30.9 Å². The van der Waals surface area contributed by atoms with E-state index in [1.54, 1.807) is 6.20 Å². The molecule has 3 rings (SSSR count). The highest BCUT2D eigenvalue weighted by Gasteiger charge is 2.27. The highest BCUT2D eigenvalue weighted by atomic mass is 16.5. The number of pyridine rings is 1. The molecule has 5 heteroatoms. The number of carbonyl (C=O) groups is 1. The molecule has 132 valence electrons. The number of nitrogens with one attached hydrogen (secondary N) is 1. The van der Waals surface area contributed by atoms with Crippen LogP contribution in [0.2, 0.25) is 0 Å². The van der Waals surface area contributed by atoms with Crippen molar-refractivity contribution in [1.29, 1.82) is 0 Å². The summed E-state index contributed by atoms with van der Waals surface area (Å²) in [5.41, 5.74) is 2.41. The van der Waals surface area contributed by atoms with Crippen LogP contribution in [-0.2, 0) is 6.42 Å². The van der Waals surface area contributed by atoms with E-state index in [1.807, 2.05) is 42.2 Å². The van der Waals surface area contributed by atoms with Crippen LogP contribution in [0.4, 0.5) is 4.79 Å². The van der Waals surface area contributed by atoms with E-state index in [0.717, 1.165) is 31.4 Å². The van der Waals surface area contributed by atoms with Crippen LogP contribution < -0.4 is 10.1 Å². The van der Waals surface area contributed by atoms with Crippen LogP contribution in [0, 0.1) is 6.92 Å². The number of amides is 2. The Labute approximate surface area is 149 Å². The number of urea groups is 1. The fourth-order valence-electron chi connectivity index (χ4n) is 2.95. The van der Waals surface area contributed by atoms with Crippen molar-refractivity contribution in [1.82, 2.24) is 15.2 Å². The summed E-state index contributed by atoms with van der Waals surface area (Å²) in [6, 6.07) is 14.2. The Morgan fingerprint density at radius 1 is 1.28 bits per heavy atom. The maximum Gasteiger partial charge on any atom is 0.317 e. The van der Waals surface area contributed by atoms with E-state index in [4.69, 9.17) is 4.74 Å². The molecule has 1 aliphatic rings. The highest BCUT2D eigenvalue weighted by molar-refractivity contribution is 5.74. The minimum absolute atomic E-state index is 0.00368. The van der Waals surface area contributed by atoms with Crippen LogP contribution in [0.1, 0.15) is 24.0 Å². The van der Waals surface area contributed by atoms with E-state index in [9.17, 15) is 4.79 Å². The number of aryl methyl sites for hydroxylation is 2. The molecule has 25 heavy (non-hydrogen) atoms. The molecule has 0 saturated carbocycles. The number of hydrogen-bond acceptors (Lipinski definition) is 3. The van der Waals surface area contributed by atoms with E-state index in [0.29, 0.717) is 19.0 Å². The first-order valence-corrected chi connectivity index (χ1v) is 8.87. The Balaban J connectivity index is 1.36. The third-order valence-electron chi connectivity index (χ3n) is 4.37. The number of hydrogen-bond donors (Lipinski definition) is 1. The number of likely N-dealkylation sites (tertiary alicyclic amines) is 1. The van der Waals surface area contributed by atoms with Gasteiger partial charge in [0.25, 0.3) is 0 Å². The molecule has 1 atom stereocenters. The number of benzene rings is 1. The molecule has 1 saturated heterocycles. The zero-order valence-corrected chi connectivity index (χ0v) is 14.6. The Bertz CT molecular complexity index is 673. The lowest BCUT2D eigenvalue weighted by Gasteiger charge is -2.17. The maximum absolute atomic E-state index is 12.2. The van der Waals surface area contributed by atoms with Crippen molar-refractivity contribution in [3.05, 3.63) is 59.8 Å². The van der Waals surface area contributed by atoms with Crippen LogP contribution >= 0.6 is 0 Å². The lowest BCUT2D eigenvalue weighted by Crippen LogP contribution is -2.39. The monoisotopic (exact) mass is 339 g/mol. The van der Waals surface area contributed by atoms with Crippen molar-refractivity contribution in [3.63, 3.8) is 0 Å². The third-order valence-corrected chi connectivity index (χ3v) is 4.37. The van der Waals surface area contributed by atoms with Gasteiger partial charge < -0.3 is 15.0 Å². The Hall–Kier alpha value is -2.56. The van der Waals surface area contributed by atoms with Gasteiger partial charge >= 0.3 is 6.03 Å². The van der Waals surface area contributed by atoms with Crippen molar-refractivity contribution in [3.8, 4) is 5.88 Å². The van der Waals surface area contributed by atoms with Gasteiger partial charge in [0, 0.05) is 31.8 Å². The Kier molecular flexibility index (Phi) is 5.88. The average molecular weight is 339 g/mol. The number of ether oxygens (including phenoxy) is 1. The summed E-state index contributed by atoms with van der Waals surface area (Å²) < 4.78 is 5.86. The second-order valence-corrected chi connectivity index (χ2v) is 6.47. The standard InChI is InChI=1S/C20H25N3O2/c1-16-9-10-19(22-14-16)25-18-11-13-23(15-18)20(24)21-12-5-8-17-6-3-2-4-7-17/h2-4,6-7,9-10,14,18H,5,8,11-13,15H2,1H3,(H,21,24). The fraction of sp³-hybridized carbons (Fsp3) is 0.400. The summed E-state index contributed by atoms with van der Waals surface area (Å²) >= 11 is 0. The first-order chi connectivity index (χ1) is 12.2. The van der Waals surface area contributed by atoms with Crippen molar-refractivity contribution < 1.29 is 9.53 Å². The van der Waals surface area contributed by atoms with Gasteiger partial charge in [0.1, 0.15) is 6.10 Å². The van der Waals surface area contributed by atoms with E-state index < -0.39 is 0 Å². The predicted octanol–water partition coefficient (Wildman–Crippen LogP) is 3.19. The van der Waals surface area contributed by atoms with Gasteiger partial charge in [0.2, 0.25) is 5.88 Å². The number of carbonyl (C=O) groups excluding carboxylic acids is 1. The summed E-state index contributed by atoms with van der Waals surface area (Å²) in [5, 5.41) is 3.00. The lowest BCUT2D eigenvalue weighted by molar-refractivity contribution is 0.183. The normalized spacial score (nSPS) is 16.7. The molecule has 0 aliphatic carbocycles. The molecule has 1 aromatic carbocycles. The smallest absolute Gasteiger partial charge is 0.317 e. The fourth-order valence-corrected chi connectivity index (χ4v) is 2.95. The van der Waals surface area contributed by atoms with E-state index in [1.165, 1.54) is 5.56 Å². The second kappa shape index (κ2) is 8.51. The van der Waals surface area contributed by atoms with Crippen molar-refractivity contribution >= 4 is 6.03 Å². The summed E-state index contributed by atoms with van der Waals surface area (Å²) in [4.78, 5) is 18.3. The Morgan fingerprint density at radius 3 is 2.88 bits per heavy atom. The lowest BCUT2D eigenvalue weighted by atomic mass is 10.1. The van der Waals surface area contributed by atoms with Gasteiger partial charge in [-0.15, -0.1) is 0 Å². The van der Waals surface area contributed by atoms with Gasteiger partial charge in [-0.25, -0.2) is 9.78 Å². The zero-order chi connectivity index (χ0) is 17.5. The topological polar surface area (TPSA) is 54.5 Å². The largest absolute Gasteiger partial charge is 0.472 e.